The number of halogens is 1. The quantitative estimate of drug-likeness (QED) is 0.761. The van der Waals surface area contributed by atoms with Gasteiger partial charge in [0.2, 0.25) is 5.91 Å². The fraction of sp³-hybridized carbons (Fsp3) is 0.533. The first kappa shape index (κ1) is 15.7. The standard InChI is InChI=1S/C15H22FN3O2/c1-10(13-3-2-12(20)8-14(13)16)18-11-4-6-19(7-5-11)9-15(17)21/h2-3,8,10-11,18,20H,4-7,9H2,1H3,(H2,17,21). The molecule has 116 valence electrons. The highest BCUT2D eigenvalue weighted by atomic mass is 19.1. The summed E-state index contributed by atoms with van der Waals surface area (Å²) in [5.74, 6) is -0.773. The second-order valence-corrected chi connectivity index (χ2v) is 5.61. The molecular formula is C15H22FN3O2. The summed E-state index contributed by atoms with van der Waals surface area (Å²) in [6.07, 6.45) is 1.80. The Morgan fingerprint density at radius 1 is 1.52 bits per heavy atom. The van der Waals surface area contributed by atoms with Crippen LogP contribution in [0.2, 0.25) is 0 Å². The molecule has 1 saturated heterocycles. The molecule has 1 atom stereocenters. The molecule has 1 unspecified atom stereocenters. The molecule has 21 heavy (non-hydrogen) atoms. The average Bonchev–Trinajstić information content (AvgIpc) is 2.40. The Balaban J connectivity index is 1.86. The van der Waals surface area contributed by atoms with Crippen LogP contribution in [0.25, 0.3) is 0 Å². The zero-order valence-electron chi connectivity index (χ0n) is 12.2. The lowest BCUT2D eigenvalue weighted by Gasteiger charge is -2.33. The molecule has 1 heterocycles. The Morgan fingerprint density at radius 3 is 2.76 bits per heavy atom. The minimum Gasteiger partial charge on any atom is -0.508 e. The summed E-state index contributed by atoms with van der Waals surface area (Å²) in [7, 11) is 0. The molecule has 4 N–H and O–H groups in total. The Hall–Kier alpha value is -1.66. The predicted molar refractivity (Wildman–Crippen MR) is 78.3 cm³/mol. The maximum atomic E-state index is 13.8. The second-order valence-electron chi connectivity index (χ2n) is 5.61. The monoisotopic (exact) mass is 295 g/mol. The maximum absolute atomic E-state index is 13.8. The first-order valence-corrected chi connectivity index (χ1v) is 7.21. The number of hydrogen-bond donors (Lipinski definition) is 3. The molecule has 1 amide bonds. The van der Waals surface area contributed by atoms with Crippen LogP contribution in [0.5, 0.6) is 5.75 Å². The smallest absolute Gasteiger partial charge is 0.231 e. The molecule has 0 spiro atoms. The highest BCUT2D eigenvalue weighted by Gasteiger charge is 2.22. The van der Waals surface area contributed by atoms with Gasteiger partial charge in [-0.05, 0) is 25.8 Å². The van der Waals surface area contributed by atoms with Crippen molar-refractivity contribution in [3.05, 3.63) is 29.6 Å². The van der Waals surface area contributed by atoms with Crippen molar-refractivity contribution in [3.8, 4) is 5.75 Å². The predicted octanol–water partition coefficient (Wildman–Crippen LogP) is 1.13. The third-order valence-corrected chi connectivity index (χ3v) is 3.90. The molecule has 0 bridgehead atoms. The van der Waals surface area contributed by atoms with Gasteiger partial charge in [0.05, 0.1) is 6.54 Å². The van der Waals surface area contributed by atoms with Crippen LogP contribution in [0, 0.1) is 5.82 Å². The van der Waals surface area contributed by atoms with Gasteiger partial charge in [0.15, 0.2) is 0 Å². The lowest BCUT2D eigenvalue weighted by molar-refractivity contribution is -0.119. The van der Waals surface area contributed by atoms with Gasteiger partial charge in [-0.3, -0.25) is 9.69 Å². The third-order valence-electron chi connectivity index (χ3n) is 3.90. The SMILES string of the molecule is CC(NC1CCN(CC(N)=O)CC1)c1ccc(O)cc1F. The van der Waals surface area contributed by atoms with Crippen molar-refractivity contribution in [1.29, 1.82) is 0 Å². The Morgan fingerprint density at radius 2 is 2.19 bits per heavy atom. The number of rotatable bonds is 5. The minimum absolute atomic E-state index is 0.0665. The van der Waals surface area contributed by atoms with Gasteiger partial charge >= 0.3 is 0 Å². The normalized spacial score (nSPS) is 18.6. The maximum Gasteiger partial charge on any atom is 0.231 e. The molecule has 0 aromatic heterocycles. The van der Waals surface area contributed by atoms with Gasteiger partial charge in [-0.15, -0.1) is 0 Å². The summed E-state index contributed by atoms with van der Waals surface area (Å²) in [5.41, 5.74) is 5.73. The number of amides is 1. The number of benzene rings is 1. The van der Waals surface area contributed by atoms with Crippen LogP contribution in [0.15, 0.2) is 18.2 Å². The van der Waals surface area contributed by atoms with E-state index in [9.17, 15) is 14.3 Å². The molecule has 5 nitrogen and oxygen atoms in total. The summed E-state index contributed by atoms with van der Waals surface area (Å²) in [5, 5.41) is 12.6. The summed E-state index contributed by atoms with van der Waals surface area (Å²) in [6.45, 7) is 3.83. The van der Waals surface area contributed by atoms with E-state index < -0.39 is 5.82 Å². The molecule has 0 radical (unpaired) electrons. The average molecular weight is 295 g/mol. The summed E-state index contributed by atoms with van der Waals surface area (Å²) in [4.78, 5) is 12.9. The molecule has 0 aliphatic carbocycles. The van der Waals surface area contributed by atoms with Gasteiger partial charge < -0.3 is 16.2 Å². The number of phenols is 1. The molecule has 2 rings (SSSR count). The Kier molecular flexibility index (Phi) is 5.14. The van der Waals surface area contributed by atoms with Gasteiger partial charge in [-0.2, -0.15) is 0 Å². The molecule has 1 aliphatic heterocycles. The van der Waals surface area contributed by atoms with Crippen LogP contribution in [0.3, 0.4) is 0 Å². The summed E-state index contributed by atoms with van der Waals surface area (Å²) < 4.78 is 13.8. The zero-order valence-corrected chi connectivity index (χ0v) is 12.2. The van der Waals surface area contributed by atoms with Crippen molar-refractivity contribution < 1.29 is 14.3 Å². The topological polar surface area (TPSA) is 78.6 Å². The van der Waals surface area contributed by atoms with Crippen molar-refractivity contribution in [2.45, 2.75) is 31.8 Å². The van der Waals surface area contributed by atoms with Crippen LogP contribution in [-0.2, 0) is 4.79 Å². The lowest BCUT2D eigenvalue weighted by Crippen LogP contribution is -2.45. The first-order chi connectivity index (χ1) is 9.95. The van der Waals surface area contributed by atoms with Crippen LogP contribution in [-0.4, -0.2) is 41.6 Å². The number of aromatic hydroxyl groups is 1. The third kappa shape index (κ3) is 4.41. The van der Waals surface area contributed by atoms with Gasteiger partial charge in [-0.25, -0.2) is 4.39 Å². The minimum atomic E-state index is -0.402. The van der Waals surface area contributed by atoms with E-state index in [-0.39, 0.29) is 23.7 Å². The second kappa shape index (κ2) is 6.87. The fourth-order valence-corrected chi connectivity index (χ4v) is 2.79. The summed E-state index contributed by atoms with van der Waals surface area (Å²) >= 11 is 0. The van der Waals surface area contributed by atoms with E-state index in [0.29, 0.717) is 12.1 Å². The van der Waals surface area contributed by atoms with Gasteiger partial charge in [0.25, 0.3) is 0 Å². The molecule has 0 saturated carbocycles. The highest BCUT2D eigenvalue weighted by molar-refractivity contribution is 5.75. The number of likely N-dealkylation sites (tertiary alicyclic amines) is 1. The largest absolute Gasteiger partial charge is 0.508 e. The summed E-state index contributed by atoms with van der Waals surface area (Å²) in [6, 6.07) is 4.38. The van der Waals surface area contributed by atoms with Crippen molar-refractivity contribution in [3.63, 3.8) is 0 Å². The van der Waals surface area contributed by atoms with Crippen LogP contribution in [0.1, 0.15) is 31.4 Å². The van der Waals surface area contributed by atoms with Gasteiger partial charge in [0.1, 0.15) is 11.6 Å². The number of nitrogens with two attached hydrogens (primary N) is 1. The number of carbonyl (C=O) groups excluding carboxylic acids is 1. The molecule has 6 heteroatoms. The molecule has 1 aliphatic rings. The molecule has 1 aromatic carbocycles. The fourth-order valence-electron chi connectivity index (χ4n) is 2.79. The van der Waals surface area contributed by atoms with Crippen LogP contribution >= 0.6 is 0 Å². The van der Waals surface area contributed by atoms with E-state index in [2.05, 4.69) is 5.32 Å². The first-order valence-electron chi connectivity index (χ1n) is 7.21. The highest BCUT2D eigenvalue weighted by Crippen LogP contribution is 2.22. The lowest BCUT2D eigenvalue weighted by atomic mass is 10.0. The number of piperidine rings is 1. The van der Waals surface area contributed by atoms with E-state index in [4.69, 9.17) is 5.73 Å². The molecule has 1 fully saturated rings. The number of nitrogens with one attached hydrogen (secondary N) is 1. The van der Waals surface area contributed by atoms with Gasteiger partial charge in [0, 0.05) is 36.8 Å². The number of nitrogens with zero attached hydrogens (tertiary/aromatic N) is 1. The molecule has 1 aromatic rings. The van der Waals surface area contributed by atoms with E-state index in [1.807, 2.05) is 11.8 Å². The van der Waals surface area contributed by atoms with Gasteiger partial charge in [-0.1, -0.05) is 6.07 Å². The van der Waals surface area contributed by atoms with Crippen molar-refractivity contribution in [2.75, 3.05) is 19.6 Å². The van der Waals surface area contributed by atoms with Crippen molar-refractivity contribution in [1.82, 2.24) is 10.2 Å². The number of hydrogen-bond acceptors (Lipinski definition) is 4. The Bertz CT molecular complexity index is 502. The van der Waals surface area contributed by atoms with E-state index in [1.165, 1.54) is 6.07 Å². The van der Waals surface area contributed by atoms with E-state index in [1.54, 1.807) is 6.07 Å². The van der Waals surface area contributed by atoms with Crippen molar-refractivity contribution >= 4 is 5.91 Å². The van der Waals surface area contributed by atoms with Crippen LogP contribution in [0.4, 0.5) is 4.39 Å². The molecular weight excluding hydrogens is 273 g/mol. The number of phenolic OH excluding ortho intramolecular Hbond substituents is 1. The Labute approximate surface area is 123 Å². The number of primary amides is 1. The van der Waals surface area contributed by atoms with E-state index in [0.717, 1.165) is 32.0 Å². The van der Waals surface area contributed by atoms with Crippen molar-refractivity contribution in [2.24, 2.45) is 5.73 Å². The van der Waals surface area contributed by atoms with Crippen LogP contribution < -0.4 is 11.1 Å². The number of carbonyl (C=O) groups is 1. The zero-order chi connectivity index (χ0) is 15.4. The van der Waals surface area contributed by atoms with E-state index >= 15 is 0 Å².